The fourth-order valence-corrected chi connectivity index (χ4v) is 5.50. The number of hydrogen-bond donors (Lipinski definition) is 0. The van der Waals surface area contributed by atoms with E-state index in [1.54, 1.807) is 12.1 Å². The molecule has 11 heteroatoms. The van der Waals surface area contributed by atoms with Crippen molar-refractivity contribution in [3.63, 3.8) is 0 Å². The Morgan fingerprint density at radius 2 is 1.94 bits per heavy atom. The average molecular weight is 466 g/mol. The number of sulfonamides is 1. The molecule has 0 saturated carbocycles. The van der Waals surface area contributed by atoms with Gasteiger partial charge < -0.3 is 14.4 Å². The minimum absolute atomic E-state index is 0.0248. The largest absolute Gasteiger partial charge is 0.494 e. The predicted octanol–water partition coefficient (Wildman–Crippen LogP) is 1.23. The highest BCUT2D eigenvalue weighted by molar-refractivity contribution is 7.89. The lowest BCUT2D eigenvalue weighted by Crippen LogP contribution is -2.44. The first-order valence-corrected chi connectivity index (χ1v) is 11.7. The van der Waals surface area contributed by atoms with E-state index in [0.29, 0.717) is 12.4 Å². The molecule has 2 heterocycles. The molecule has 0 bridgehead atoms. The molecule has 3 amide bonds. The van der Waals surface area contributed by atoms with Gasteiger partial charge >= 0.3 is 12.0 Å². The van der Waals surface area contributed by atoms with Gasteiger partial charge in [0.1, 0.15) is 18.3 Å². The molecule has 3 rings (SSSR count). The van der Waals surface area contributed by atoms with Gasteiger partial charge in [0.15, 0.2) is 0 Å². The number of nitrogens with zero attached hydrogens (tertiary/aromatic N) is 3. The predicted molar refractivity (Wildman–Crippen MR) is 114 cm³/mol. The molecule has 1 aromatic carbocycles. The van der Waals surface area contributed by atoms with Crippen LogP contribution in [0.4, 0.5) is 4.79 Å². The Labute approximate surface area is 187 Å². The van der Waals surface area contributed by atoms with Crippen molar-refractivity contribution >= 4 is 27.9 Å². The molecule has 2 fully saturated rings. The smallest absolute Gasteiger partial charge is 0.327 e. The van der Waals surface area contributed by atoms with Crippen LogP contribution in [0.1, 0.15) is 19.8 Å². The molecule has 1 aromatic rings. The molecule has 0 radical (unpaired) electrons. The molecule has 2 atom stereocenters. The SMILES string of the molecule is C=CCN1CC(=O)N([C@H]2C[C@H](C(=O)OC)N(S(=O)(=O)c3ccc(OCCC)cc3)C2)C1=O. The van der Waals surface area contributed by atoms with Gasteiger partial charge in [0, 0.05) is 13.1 Å². The van der Waals surface area contributed by atoms with Gasteiger partial charge in [-0.05, 0) is 37.1 Å². The first-order valence-electron chi connectivity index (χ1n) is 10.3. The van der Waals surface area contributed by atoms with Gasteiger partial charge in [-0.2, -0.15) is 4.31 Å². The van der Waals surface area contributed by atoms with Crippen molar-refractivity contribution in [1.82, 2.24) is 14.1 Å². The molecule has 2 aliphatic rings. The molecule has 2 aliphatic heterocycles. The lowest BCUT2D eigenvalue weighted by atomic mass is 10.1. The van der Waals surface area contributed by atoms with Crippen LogP contribution in [-0.2, 0) is 24.3 Å². The number of urea groups is 1. The van der Waals surface area contributed by atoms with Gasteiger partial charge in [-0.15, -0.1) is 6.58 Å². The molecule has 32 heavy (non-hydrogen) atoms. The van der Waals surface area contributed by atoms with Crippen molar-refractivity contribution < 1.29 is 32.3 Å². The standard InChI is InChI=1S/C21H27N3O7S/c1-4-10-22-14-19(25)24(21(22)27)15-12-18(20(26)30-3)23(13-15)32(28,29)17-8-6-16(7-9-17)31-11-5-2/h4,6-9,15,18H,1,5,10-14H2,2-3H3/t15-,18+/m0/s1. The summed E-state index contributed by atoms with van der Waals surface area (Å²) in [6.07, 6.45) is 2.28. The molecule has 10 nitrogen and oxygen atoms in total. The number of carbonyl (C=O) groups excluding carboxylic acids is 3. The van der Waals surface area contributed by atoms with E-state index in [0.717, 1.165) is 22.7 Å². The van der Waals surface area contributed by atoms with Crippen molar-refractivity contribution in [2.24, 2.45) is 0 Å². The van der Waals surface area contributed by atoms with Crippen molar-refractivity contribution in [3.8, 4) is 5.75 Å². The van der Waals surface area contributed by atoms with E-state index in [-0.39, 0.29) is 31.0 Å². The lowest BCUT2D eigenvalue weighted by Gasteiger charge is -2.23. The highest BCUT2D eigenvalue weighted by Crippen LogP contribution is 2.32. The molecule has 0 unspecified atom stereocenters. The topological polar surface area (TPSA) is 114 Å². The van der Waals surface area contributed by atoms with Crippen molar-refractivity contribution in [3.05, 3.63) is 36.9 Å². The van der Waals surface area contributed by atoms with E-state index in [2.05, 4.69) is 6.58 Å². The van der Waals surface area contributed by atoms with Gasteiger partial charge in [0.2, 0.25) is 10.0 Å². The normalized spacial score (nSPS) is 21.8. The maximum Gasteiger partial charge on any atom is 0.327 e. The molecule has 2 saturated heterocycles. The van der Waals surface area contributed by atoms with Crippen molar-refractivity contribution in [2.45, 2.75) is 36.7 Å². The van der Waals surface area contributed by atoms with Crippen LogP contribution in [0.5, 0.6) is 5.75 Å². The fourth-order valence-electron chi connectivity index (χ4n) is 3.87. The second-order valence-corrected chi connectivity index (χ2v) is 9.43. The molecular weight excluding hydrogens is 438 g/mol. The summed E-state index contributed by atoms with van der Waals surface area (Å²) < 4.78 is 38.0. The summed E-state index contributed by atoms with van der Waals surface area (Å²) in [6.45, 7) is 5.92. The van der Waals surface area contributed by atoms with Crippen LogP contribution in [0.2, 0.25) is 0 Å². The number of rotatable bonds is 9. The molecule has 0 N–H and O–H groups in total. The maximum atomic E-state index is 13.3. The van der Waals surface area contributed by atoms with Crippen LogP contribution in [0.25, 0.3) is 0 Å². The third-order valence-corrected chi connectivity index (χ3v) is 7.29. The first kappa shape index (κ1) is 23.7. The average Bonchev–Trinajstić information content (AvgIpc) is 3.33. The van der Waals surface area contributed by atoms with Crippen LogP contribution in [0, 0.1) is 0 Å². The zero-order chi connectivity index (χ0) is 23.5. The summed E-state index contributed by atoms with van der Waals surface area (Å²) in [6, 6.07) is 3.43. The molecular formula is C21H27N3O7S. The third kappa shape index (κ3) is 4.49. The minimum atomic E-state index is -4.10. The van der Waals surface area contributed by atoms with E-state index in [1.165, 1.54) is 23.1 Å². The number of carbonyl (C=O) groups is 3. The molecule has 174 valence electrons. The number of hydrogen-bond acceptors (Lipinski definition) is 7. The van der Waals surface area contributed by atoms with Gasteiger partial charge in [-0.3, -0.25) is 14.5 Å². The summed E-state index contributed by atoms with van der Waals surface area (Å²) in [5, 5.41) is 0. The number of imide groups is 1. The Kier molecular flexibility index (Phi) is 7.19. The second-order valence-electron chi connectivity index (χ2n) is 7.54. The van der Waals surface area contributed by atoms with Crippen LogP contribution in [0.3, 0.4) is 0 Å². The third-order valence-electron chi connectivity index (χ3n) is 5.40. The summed E-state index contributed by atoms with van der Waals surface area (Å²) in [5.41, 5.74) is 0. The lowest BCUT2D eigenvalue weighted by molar-refractivity contribution is -0.144. The van der Waals surface area contributed by atoms with Gasteiger partial charge in [-0.25, -0.2) is 13.2 Å². The Hall–Kier alpha value is -2.92. The Morgan fingerprint density at radius 3 is 2.53 bits per heavy atom. The van der Waals surface area contributed by atoms with E-state index in [1.807, 2.05) is 6.92 Å². The van der Waals surface area contributed by atoms with Crippen LogP contribution in [-0.4, -0.2) is 85.9 Å². The van der Waals surface area contributed by atoms with E-state index >= 15 is 0 Å². The number of esters is 1. The summed E-state index contributed by atoms with van der Waals surface area (Å²) in [4.78, 5) is 39.9. The Bertz CT molecular complexity index is 993. The second kappa shape index (κ2) is 9.70. The van der Waals surface area contributed by atoms with Crippen molar-refractivity contribution in [1.29, 1.82) is 0 Å². The summed E-state index contributed by atoms with van der Waals surface area (Å²) in [5.74, 6) is -0.659. The zero-order valence-electron chi connectivity index (χ0n) is 18.1. The van der Waals surface area contributed by atoms with Crippen LogP contribution < -0.4 is 4.74 Å². The van der Waals surface area contributed by atoms with E-state index in [9.17, 15) is 22.8 Å². The monoisotopic (exact) mass is 465 g/mol. The number of methoxy groups -OCH3 is 1. The highest BCUT2D eigenvalue weighted by atomic mass is 32.2. The molecule has 0 aliphatic carbocycles. The van der Waals surface area contributed by atoms with E-state index < -0.39 is 40.0 Å². The maximum absolute atomic E-state index is 13.3. The quantitative estimate of drug-likeness (QED) is 0.306. The Balaban J connectivity index is 1.87. The van der Waals surface area contributed by atoms with Crippen LogP contribution >= 0.6 is 0 Å². The highest BCUT2D eigenvalue weighted by Gasteiger charge is 2.51. The zero-order valence-corrected chi connectivity index (χ0v) is 18.9. The Morgan fingerprint density at radius 1 is 1.25 bits per heavy atom. The fraction of sp³-hybridized carbons (Fsp3) is 0.476. The number of amides is 3. The number of benzene rings is 1. The van der Waals surface area contributed by atoms with E-state index in [4.69, 9.17) is 9.47 Å². The molecule has 0 spiro atoms. The first-order chi connectivity index (χ1) is 15.2. The van der Waals surface area contributed by atoms with Gasteiger partial charge in [0.05, 0.1) is 24.7 Å². The number of ether oxygens (including phenoxy) is 2. The van der Waals surface area contributed by atoms with Crippen LogP contribution in [0.15, 0.2) is 41.8 Å². The summed E-state index contributed by atoms with van der Waals surface area (Å²) in [7, 11) is -2.94. The minimum Gasteiger partial charge on any atom is -0.494 e. The van der Waals surface area contributed by atoms with Gasteiger partial charge in [-0.1, -0.05) is 13.0 Å². The summed E-state index contributed by atoms with van der Waals surface area (Å²) >= 11 is 0. The molecule has 0 aromatic heterocycles. The van der Waals surface area contributed by atoms with Crippen molar-refractivity contribution in [2.75, 3.05) is 33.4 Å². The van der Waals surface area contributed by atoms with Gasteiger partial charge in [0.25, 0.3) is 5.91 Å².